The maximum atomic E-state index is 10.8. The lowest BCUT2D eigenvalue weighted by atomic mass is 10.1. The van der Waals surface area contributed by atoms with E-state index in [0.717, 1.165) is 10.4 Å². The van der Waals surface area contributed by atoms with Gasteiger partial charge in [-0.1, -0.05) is 29.8 Å². The van der Waals surface area contributed by atoms with Crippen LogP contribution in [0.3, 0.4) is 0 Å². The van der Waals surface area contributed by atoms with Gasteiger partial charge in [0.25, 0.3) is 0 Å². The number of carboxylic acid groups (broad SMARTS) is 1. The molecule has 2 aromatic rings. The van der Waals surface area contributed by atoms with Crippen LogP contribution < -0.4 is 10.5 Å². The number of halogens is 1. The second kappa shape index (κ2) is 6.69. The molecule has 2 rings (SSSR count). The Morgan fingerprint density at radius 1 is 1.50 bits per heavy atom. The zero-order chi connectivity index (χ0) is 14.5. The Kier molecular flexibility index (Phi) is 4.94. The van der Waals surface area contributed by atoms with Crippen LogP contribution in [0, 0.1) is 0 Å². The van der Waals surface area contributed by atoms with Gasteiger partial charge in [-0.15, -0.1) is 11.3 Å². The Labute approximate surface area is 125 Å². The van der Waals surface area contributed by atoms with Crippen LogP contribution in [0.2, 0.25) is 4.47 Å². The molecule has 1 unspecified atom stereocenters. The van der Waals surface area contributed by atoms with Crippen LogP contribution in [0.1, 0.15) is 10.4 Å². The van der Waals surface area contributed by atoms with Crippen molar-refractivity contribution in [3.8, 4) is 5.75 Å². The van der Waals surface area contributed by atoms with Crippen LogP contribution in [0.5, 0.6) is 5.75 Å². The molecule has 0 spiro atoms. The number of benzene rings is 1. The van der Waals surface area contributed by atoms with Crippen molar-refractivity contribution in [2.24, 2.45) is 5.73 Å². The normalized spacial score (nSPS) is 12.1. The Balaban J connectivity index is 2.05. The highest BCUT2D eigenvalue weighted by molar-refractivity contribution is 7.15. The van der Waals surface area contributed by atoms with Gasteiger partial charge in [0.2, 0.25) is 0 Å². The molecule has 20 heavy (non-hydrogen) atoms. The number of rotatable bonds is 6. The van der Waals surface area contributed by atoms with Crippen molar-refractivity contribution in [1.29, 1.82) is 0 Å². The summed E-state index contributed by atoms with van der Waals surface area (Å²) >= 11 is 7.09. The number of hydrogen-bond donors (Lipinski definition) is 2. The molecule has 1 aromatic heterocycles. The van der Waals surface area contributed by atoms with Crippen molar-refractivity contribution < 1.29 is 14.6 Å². The van der Waals surface area contributed by atoms with Crippen molar-refractivity contribution in [2.45, 2.75) is 19.1 Å². The largest absolute Gasteiger partial charge is 0.488 e. The summed E-state index contributed by atoms with van der Waals surface area (Å²) in [4.78, 5) is 15.6. The molecule has 0 aliphatic rings. The molecule has 7 heteroatoms. The quantitative estimate of drug-likeness (QED) is 0.855. The lowest BCUT2D eigenvalue weighted by Crippen LogP contribution is -2.32. The topological polar surface area (TPSA) is 85.4 Å². The first-order valence-electron chi connectivity index (χ1n) is 5.85. The predicted molar refractivity (Wildman–Crippen MR) is 77.2 cm³/mol. The minimum Gasteiger partial charge on any atom is -0.488 e. The van der Waals surface area contributed by atoms with E-state index in [1.807, 2.05) is 12.1 Å². The summed E-state index contributed by atoms with van der Waals surface area (Å²) < 4.78 is 6.14. The molecule has 0 radical (unpaired) electrons. The zero-order valence-corrected chi connectivity index (χ0v) is 12.0. The Morgan fingerprint density at radius 3 is 2.90 bits per heavy atom. The number of thiazole rings is 1. The molecular formula is C13H13ClN2O3S. The van der Waals surface area contributed by atoms with Gasteiger partial charge in [0, 0.05) is 12.6 Å². The fourth-order valence-electron chi connectivity index (χ4n) is 1.64. The maximum Gasteiger partial charge on any atom is 0.320 e. The molecule has 1 heterocycles. The molecule has 106 valence electrons. The first kappa shape index (κ1) is 14.8. The van der Waals surface area contributed by atoms with E-state index in [2.05, 4.69) is 4.98 Å². The molecule has 0 bridgehead atoms. The molecule has 1 atom stereocenters. The van der Waals surface area contributed by atoms with Gasteiger partial charge in [0.05, 0.1) is 4.88 Å². The Bertz CT molecular complexity index is 603. The average molecular weight is 313 g/mol. The van der Waals surface area contributed by atoms with E-state index in [1.165, 1.54) is 11.3 Å². The summed E-state index contributed by atoms with van der Waals surface area (Å²) in [5.41, 5.74) is 6.31. The van der Waals surface area contributed by atoms with Crippen LogP contribution >= 0.6 is 22.9 Å². The maximum absolute atomic E-state index is 10.8. The summed E-state index contributed by atoms with van der Waals surface area (Å²) in [6, 6.07) is 6.28. The number of carbonyl (C=O) groups is 1. The smallest absolute Gasteiger partial charge is 0.320 e. The van der Waals surface area contributed by atoms with Crippen molar-refractivity contribution in [1.82, 2.24) is 4.98 Å². The van der Waals surface area contributed by atoms with Gasteiger partial charge in [-0.2, -0.15) is 0 Å². The van der Waals surface area contributed by atoms with E-state index in [4.69, 9.17) is 27.2 Å². The van der Waals surface area contributed by atoms with Gasteiger partial charge in [-0.25, -0.2) is 4.98 Å². The summed E-state index contributed by atoms with van der Waals surface area (Å²) in [5.74, 6) is -0.414. The van der Waals surface area contributed by atoms with Crippen molar-refractivity contribution in [3.05, 3.63) is 45.4 Å². The molecule has 3 N–H and O–H groups in total. The molecule has 0 fully saturated rings. The zero-order valence-electron chi connectivity index (χ0n) is 10.5. The highest BCUT2D eigenvalue weighted by Gasteiger charge is 2.15. The minimum atomic E-state index is -1.03. The molecule has 0 saturated heterocycles. The van der Waals surface area contributed by atoms with Crippen molar-refractivity contribution in [2.75, 3.05) is 0 Å². The number of nitrogens with two attached hydrogens (primary N) is 1. The van der Waals surface area contributed by atoms with Gasteiger partial charge in [-0.3, -0.25) is 4.79 Å². The third-order valence-electron chi connectivity index (χ3n) is 2.62. The van der Waals surface area contributed by atoms with Crippen molar-refractivity contribution in [3.63, 3.8) is 0 Å². The second-order valence-corrected chi connectivity index (χ2v) is 5.82. The fourth-order valence-corrected chi connectivity index (χ4v) is 2.53. The van der Waals surface area contributed by atoms with Gasteiger partial charge in [-0.05, 0) is 11.6 Å². The van der Waals surface area contributed by atoms with Crippen LogP contribution in [0.4, 0.5) is 0 Å². The van der Waals surface area contributed by atoms with Crippen LogP contribution in [-0.2, 0) is 17.8 Å². The van der Waals surface area contributed by atoms with Gasteiger partial charge in [0.15, 0.2) is 4.47 Å². The number of para-hydroxylation sites is 1. The minimum absolute atomic E-state index is 0.217. The first-order valence-corrected chi connectivity index (χ1v) is 7.05. The fraction of sp³-hybridized carbons (Fsp3) is 0.231. The van der Waals surface area contributed by atoms with Crippen LogP contribution in [0.15, 0.2) is 30.5 Å². The molecule has 1 aromatic carbocycles. The number of hydrogen-bond acceptors (Lipinski definition) is 5. The molecule has 5 nitrogen and oxygen atoms in total. The predicted octanol–water partition coefficient (Wildman–Crippen LogP) is 2.33. The summed E-state index contributed by atoms with van der Waals surface area (Å²) in [7, 11) is 0. The number of nitrogens with zero attached hydrogens (tertiary/aromatic N) is 1. The van der Waals surface area contributed by atoms with Gasteiger partial charge in [0.1, 0.15) is 18.4 Å². The molecule has 0 saturated carbocycles. The monoisotopic (exact) mass is 312 g/mol. The lowest BCUT2D eigenvalue weighted by molar-refractivity contribution is -0.138. The van der Waals surface area contributed by atoms with E-state index >= 15 is 0 Å². The van der Waals surface area contributed by atoms with E-state index in [1.54, 1.807) is 18.3 Å². The molecule has 0 amide bonds. The Hall–Kier alpha value is -1.63. The average Bonchev–Trinajstić information content (AvgIpc) is 2.83. The van der Waals surface area contributed by atoms with Gasteiger partial charge >= 0.3 is 5.97 Å². The second-order valence-electron chi connectivity index (χ2n) is 4.12. The third kappa shape index (κ3) is 3.93. The highest BCUT2D eigenvalue weighted by atomic mass is 35.5. The summed E-state index contributed by atoms with van der Waals surface area (Å²) in [6.07, 6.45) is 1.87. The standard InChI is InChI=1S/C13H13ClN2O3S/c14-13-16-6-9(20-13)7-19-11-4-2-1-3-8(11)5-10(15)12(17)18/h1-4,6,10H,5,7,15H2,(H,17,18). The van der Waals surface area contributed by atoms with E-state index in [0.29, 0.717) is 16.8 Å². The van der Waals surface area contributed by atoms with E-state index < -0.39 is 12.0 Å². The van der Waals surface area contributed by atoms with Crippen molar-refractivity contribution >= 4 is 28.9 Å². The Morgan fingerprint density at radius 2 is 2.25 bits per heavy atom. The van der Waals surface area contributed by atoms with Crippen LogP contribution in [0.25, 0.3) is 0 Å². The SMILES string of the molecule is NC(Cc1ccccc1OCc1cnc(Cl)s1)C(=O)O. The highest BCUT2D eigenvalue weighted by Crippen LogP contribution is 2.23. The summed E-state index contributed by atoms with van der Waals surface area (Å²) in [5, 5.41) is 8.86. The third-order valence-corrected chi connectivity index (χ3v) is 3.71. The number of ether oxygens (including phenoxy) is 1. The van der Waals surface area contributed by atoms with E-state index in [9.17, 15) is 4.79 Å². The summed E-state index contributed by atoms with van der Waals surface area (Å²) in [6.45, 7) is 0.337. The van der Waals surface area contributed by atoms with Crippen LogP contribution in [-0.4, -0.2) is 22.1 Å². The lowest BCUT2D eigenvalue weighted by Gasteiger charge is -2.12. The number of aliphatic carboxylic acids is 1. The molecule has 0 aliphatic heterocycles. The molecular weight excluding hydrogens is 300 g/mol. The number of aromatic nitrogens is 1. The number of carboxylic acids is 1. The van der Waals surface area contributed by atoms with Gasteiger partial charge < -0.3 is 15.6 Å². The first-order chi connectivity index (χ1) is 9.56. The van der Waals surface area contributed by atoms with E-state index in [-0.39, 0.29) is 6.42 Å². The molecule has 0 aliphatic carbocycles.